The van der Waals surface area contributed by atoms with Gasteiger partial charge in [0.1, 0.15) is 0 Å². The van der Waals surface area contributed by atoms with Crippen LogP contribution in [0.2, 0.25) is 0 Å². The van der Waals surface area contributed by atoms with Crippen molar-refractivity contribution in [1.29, 1.82) is 0 Å². The van der Waals surface area contributed by atoms with Crippen LogP contribution in [0, 0.1) is 7.05 Å². The lowest BCUT2D eigenvalue weighted by Crippen LogP contribution is -2.28. The van der Waals surface area contributed by atoms with E-state index in [0.717, 1.165) is 12.2 Å². The molecule has 0 amide bonds. The summed E-state index contributed by atoms with van der Waals surface area (Å²) in [6, 6.07) is 6.54. The molecule has 2 heteroatoms. The van der Waals surface area contributed by atoms with E-state index in [2.05, 4.69) is 23.0 Å². The molecule has 1 atom stereocenters. The van der Waals surface area contributed by atoms with Crippen molar-refractivity contribution in [2.45, 2.75) is 25.3 Å². The Morgan fingerprint density at radius 1 is 1.38 bits per heavy atom. The average molecular weight is 175 g/mol. The van der Waals surface area contributed by atoms with Crippen LogP contribution >= 0.6 is 0 Å². The number of nitrogens with zero attached hydrogens (tertiary/aromatic N) is 2. The van der Waals surface area contributed by atoms with Crippen LogP contribution in [0.5, 0.6) is 0 Å². The van der Waals surface area contributed by atoms with Crippen LogP contribution in [0.4, 0.5) is 0 Å². The monoisotopic (exact) mass is 175 g/mol. The molecule has 2 heterocycles. The molecule has 2 nitrogen and oxygen atoms in total. The lowest BCUT2D eigenvalue weighted by Gasteiger charge is -2.38. The summed E-state index contributed by atoms with van der Waals surface area (Å²) in [6.45, 7) is 1.10. The largest absolute Gasteiger partial charge is 0.452 e. The van der Waals surface area contributed by atoms with E-state index >= 15 is 0 Å². The maximum atomic E-state index is 4.37. The topological polar surface area (TPSA) is 16.1 Å². The summed E-state index contributed by atoms with van der Waals surface area (Å²) in [5.41, 5.74) is 1.16. The number of pyridine rings is 1. The highest BCUT2D eigenvalue weighted by atomic mass is 15.1. The maximum absolute atomic E-state index is 4.37. The zero-order chi connectivity index (χ0) is 9.10. The lowest BCUT2D eigenvalue weighted by molar-refractivity contribution is 0.207. The first kappa shape index (κ1) is 8.70. The van der Waals surface area contributed by atoms with Crippen LogP contribution in [-0.2, 0) is 0 Å². The average Bonchev–Trinajstić information content (AvgIpc) is 2.20. The second kappa shape index (κ2) is 3.88. The lowest BCUT2D eigenvalue weighted by atomic mass is 10.00. The second-order valence-corrected chi connectivity index (χ2v) is 3.58. The van der Waals surface area contributed by atoms with Crippen molar-refractivity contribution in [2.24, 2.45) is 0 Å². The summed E-state index contributed by atoms with van der Waals surface area (Å²) >= 11 is 0. The number of piperidine rings is 1. The standard InChI is InChI=1S/C11H15N2/c1-13-9-5-3-7-11(13)10-6-2-4-8-12-10/h2,4,6,8,11H,1,3,5,7,9H2/q-1. The van der Waals surface area contributed by atoms with E-state index in [1.807, 2.05) is 18.3 Å². The van der Waals surface area contributed by atoms with Crippen molar-refractivity contribution in [3.8, 4) is 0 Å². The number of likely N-dealkylation sites (tertiary alicyclic amines) is 1. The summed E-state index contributed by atoms with van der Waals surface area (Å²) in [5.74, 6) is 0. The van der Waals surface area contributed by atoms with Gasteiger partial charge in [0.15, 0.2) is 0 Å². The fourth-order valence-electron chi connectivity index (χ4n) is 1.90. The molecule has 13 heavy (non-hydrogen) atoms. The van der Waals surface area contributed by atoms with Crippen molar-refractivity contribution < 1.29 is 0 Å². The third-order valence-corrected chi connectivity index (χ3v) is 2.64. The van der Waals surface area contributed by atoms with Crippen molar-refractivity contribution in [1.82, 2.24) is 9.88 Å². The van der Waals surface area contributed by atoms with E-state index in [4.69, 9.17) is 0 Å². The number of rotatable bonds is 1. The minimum Gasteiger partial charge on any atom is -0.452 e. The first-order valence-corrected chi connectivity index (χ1v) is 4.86. The highest BCUT2D eigenvalue weighted by Gasteiger charge is 2.16. The Hall–Kier alpha value is -0.890. The van der Waals surface area contributed by atoms with Gasteiger partial charge in [0, 0.05) is 12.2 Å². The highest BCUT2D eigenvalue weighted by molar-refractivity contribution is 5.09. The molecule has 0 aliphatic carbocycles. The Labute approximate surface area is 79.6 Å². The van der Waals surface area contributed by atoms with Gasteiger partial charge in [-0.25, -0.2) is 0 Å². The van der Waals surface area contributed by atoms with Crippen molar-refractivity contribution in [3.05, 3.63) is 37.1 Å². The summed E-state index contributed by atoms with van der Waals surface area (Å²) in [5, 5.41) is 0. The molecule has 1 saturated heterocycles. The third-order valence-electron chi connectivity index (χ3n) is 2.64. The Morgan fingerprint density at radius 2 is 2.31 bits per heavy atom. The molecule has 1 fully saturated rings. The Kier molecular flexibility index (Phi) is 2.60. The van der Waals surface area contributed by atoms with Gasteiger partial charge in [-0.3, -0.25) is 12.0 Å². The van der Waals surface area contributed by atoms with Crippen molar-refractivity contribution in [2.75, 3.05) is 6.54 Å². The normalized spacial score (nSPS) is 24.5. The predicted molar refractivity (Wildman–Crippen MR) is 52.9 cm³/mol. The molecule has 0 aromatic carbocycles. The van der Waals surface area contributed by atoms with E-state index in [1.54, 1.807) is 0 Å². The van der Waals surface area contributed by atoms with E-state index in [1.165, 1.54) is 19.3 Å². The molecule has 1 unspecified atom stereocenters. The molecule has 1 aliphatic rings. The maximum Gasteiger partial charge on any atom is 0.0550 e. The highest BCUT2D eigenvalue weighted by Crippen LogP contribution is 2.28. The SMILES string of the molecule is [CH2-]N1CCCCC1c1ccccn1. The smallest absolute Gasteiger partial charge is 0.0550 e. The second-order valence-electron chi connectivity index (χ2n) is 3.58. The Balaban J connectivity index is 2.15. The molecule has 0 saturated carbocycles. The van der Waals surface area contributed by atoms with E-state index in [0.29, 0.717) is 6.04 Å². The van der Waals surface area contributed by atoms with Crippen LogP contribution in [0.25, 0.3) is 0 Å². The Morgan fingerprint density at radius 3 is 3.00 bits per heavy atom. The summed E-state index contributed by atoms with van der Waals surface area (Å²) in [7, 11) is 4.05. The molecule has 2 rings (SSSR count). The van der Waals surface area contributed by atoms with E-state index in [9.17, 15) is 0 Å². The van der Waals surface area contributed by atoms with Crippen LogP contribution < -0.4 is 0 Å². The molecule has 0 bridgehead atoms. The molecular weight excluding hydrogens is 160 g/mol. The van der Waals surface area contributed by atoms with Crippen molar-refractivity contribution >= 4 is 0 Å². The fraction of sp³-hybridized carbons (Fsp3) is 0.455. The van der Waals surface area contributed by atoms with Gasteiger partial charge >= 0.3 is 0 Å². The quantitative estimate of drug-likeness (QED) is 0.609. The van der Waals surface area contributed by atoms with Crippen LogP contribution in [0.3, 0.4) is 0 Å². The molecular formula is C11H15N2-. The van der Waals surface area contributed by atoms with Crippen LogP contribution in [0.15, 0.2) is 24.4 Å². The summed E-state index contributed by atoms with van der Waals surface area (Å²) in [6.07, 6.45) is 5.62. The van der Waals surface area contributed by atoms with E-state index < -0.39 is 0 Å². The summed E-state index contributed by atoms with van der Waals surface area (Å²) in [4.78, 5) is 6.53. The van der Waals surface area contributed by atoms with Gasteiger partial charge in [-0.2, -0.15) is 0 Å². The number of aromatic nitrogens is 1. The minimum absolute atomic E-state index is 0.440. The van der Waals surface area contributed by atoms with Gasteiger partial charge in [0.25, 0.3) is 0 Å². The molecule has 0 spiro atoms. The predicted octanol–water partition coefficient (Wildman–Crippen LogP) is 2.40. The molecule has 1 aliphatic heterocycles. The van der Waals surface area contributed by atoms with Gasteiger partial charge in [-0.1, -0.05) is 12.5 Å². The third kappa shape index (κ3) is 1.89. The first-order valence-electron chi connectivity index (χ1n) is 4.86. The molecule has 1 aromatic heterocycles. The molecule has 0 N–H and O–H groups in total. The van der Waals surface area contributed by atoms with Gasteiger partial charge in [-0.05, 0) is 31.5 Å². The van der Waals surface area contributed by atoms with Gasteiger partial charge in [0.05, 0.1) is 5.69 Å². The molecule has 70 valence electrons. The fourth-order valence-corrected chi connectivity index (χ4v) is 1.90. The molecule has 0 radical (unpaired) electrons. The van der Waals surface area contributed by atoms with Crippen LogP contribution in [-0.4, -0.2) is 16.4 Å². The molecule has 1 aromatic rings. The Bertz CT molecular complexity index is 258. The van der Waals surface area contributed by atoms with Gasteiger partial charge in [0.2, 0.25) is 0 Å². The van der Waals surface area contributed by atoms with Crippen molar-refractivity contribution in [3.63, 3.8) is 0 Å². The first-order chi connectivity index (χ1) is 6.38. The zero-order valence-corrected chi connectivity index (χ0v) is 7.82. The number of hydrogen-bond acceptors (Lipinski definition) is 2. The minimum atomic E-state index is 0.440. The number of hydrogen-bond donors (Lipinski definition) is 0. The zero-order valence-electron chi connectivity index (χ0n) is 7.82. The van der Waals surface area contributed by atoms with Crippen LogP contribution in [0.1, 0.15) is 31.0 Å². The van der Waals surface area contributed by atoms with Gasteiger partial charge in [-0.15, -0.1) is 0 Å². The van der Waals surface area contributed by atoms with E-state index in [-0.39, 0.29) is 0 Å². The summed E-state index contributed by atoms with van der Waals surface area (Å²) < 4.78 is 0. The van der Waals surface area contributed by atoms with Gasteiger partial charge < -0.3 is 4.90 Å².